The van der Waals surface area contributed by atoms with Gasteiger partial charge in [-0.2, -0.15) is 0 Å². The number of carbonyl (C=O) groups is 1. The standard InChI is InChI=1S/C27H33N5O/c1-6-24-21(5)28-25(22-9-7-8-18(2)16-22)30-26(24)31-12-14-32(15-13-31)27(33)29-23-11-10-19(3)20(4)17-23/h7-11,16-17H,6,12-15H2,1-5H3,(H,29,33). The van der Waals surface area contributed by atoms with Crippen molar-refractivity contribution in [3.05, 3.63) is 70.4 Å². The molecule has 2 amide bonds. The molecule has 0 aliphatic carbocycles. The molecule has 2 aromatic carbocycles. The summed E-state index contributed by atoms with van der Waals surface area (Å²) in [4.78, 5) is 26.8. The topological polar surface area (TPSA) is 61.4 Å². The van der Waals surface area contributed by atoms with Crippen molar-refractivity contribution < 1.29 is 4.79 Å². The Bertz CT molecular complexity index is 1170. The van der Waals surface area contributed by atoms with E-state index in [0.717, 1.165) is 48.1 Å². The highest BCUT2D eigenvalue weighted by molar-refractivity contribution is 5.89. The monoisotopic (exact) mass is 443 g/mol. The molecule has 1 aromatic heterocycles. The molecule has 2 heterocycles. The van der Waals surface area contributed by atoms with Gasteiger partial charge < -0.3 is 15.1 Å². The van der Waals surface area contributed by atoms with E-state index in [1.54, 1.807) is 0 Å². The number of aromatic nitrogens is 2. The largest absolute Gasteiger partial charge is 0.353 e. The molecular weight excluding hydrogens is 410 g/mol. The van der Waals surface area contributed by atoms with Crippen molar-refractivity contribution in [1.29, 1.82) is 0 Å². The predicted octanol–water partition coefficient (Wildman–Crippen LogP) is 5.29. The third-order valence-corrected chi connectivity index (χ3v) is 6.45. The summed E-state index contributed by atoms with van der Waals surface area (Å²) in [5.74, 6) is 1.76. The number of benzene rings is 2. The van der Waals surface area contributed by atoms with Crippen molar-refractivity contribution in [1.82, 2.24) is 14.9 Å². The van der Waals surface area contributed by atoms with E-state index in [1.165, 1.54) is 22.3 Å². The van der Waals surface area contributed by atoms with Gasteiger partial charge in [0.25, 0.3) is 0 Å². The molecule has 0 atom stereocenters. The van der Waals surface area contributed by atoms with E-state index < -0.39 is 0 Å². The molecule has 0 bridgehead atoms. The normalized spacial score (nSPS) is 13.8. The minimum absolute atomic E-state index is 0.0482. The smallest absolute Gasteiger partial charge is 0.321 e. The maximum absolute atomic E-state index is 12.8. The Morgan fingerprint density at radius 2 is 1.70 bits per heavy atom. The lowest BCUT2D eigenvalue weighted by atomic mass is 10.1. The molecule has 1 saturated heterocycles. The molecular formula is C27H33N5O. The first kappa shape index (κ1) is 22.8. The highest BCUT2D eigenvalue weighted by Gasteiger charge is 2.25. The second-order valence-electron chi connectivity index (χ2n) is 8.86. The molecule has 4 rings (SSSR count). The molecule has 33 heavy (non-hydrogen) atoms. The Hall–Kier alpha value is -3.41. The lowest BCUT2D eigenvalue weighted by Crippen LogP contribution is -2.50. The minimum Gasteiger partial charge on any atom is -0.353 e. The van der Waals surface area contributed by atoms with Gasteiger partial charge in [-0.05, 0) is 63.4 Å². The minimum atomic E-state index is -0.0482. The molecule has 172 valence electrons. The van der Waals surface area contributed by atoms with E-state index in [0.29, 0.717) is 13.1 Å². The SMILES string of the molecule is CCc1c(C)nc(-c2cccc(C)c2)nc1N1CCN(C(=O)Nc2ccc(C)c(C)c2)CC1. The van der Waals surface area contributed by atoms with Crippen LogP contribution in [0.3, 0.4) is 0 Å². The Morgan fingerprint density at radius 3 is 2.36 bits per heavy atom. The maximum Gasteiger partial charge on any atom is 0.321 e. The molecule has 0 unspecified atom stereocenters. The molecule has 0 radical (unpaired) electrons. The third-order valence-electron chi connectivity index (χ3n) is 6.45. The van der Waals surface area contributed by atoms with Crippen LogP contribution in [-0.2, 0) is 6.42 Å². The van der Waals surface area contributed by atoms with Crippen LogP contribution in [0.4, 0.5) is 16.3 Å². The highest BCUT2D eigenvalue weighted by atomic mass is 16.2. The van der Waals surface area contributed by atoms with Crippen molar-refractivity contribution in [2.24, 2.45) is 0 Å². The Labute approximate surface area is 196 Å². The molecule has 1 N–H and O–H groups in total. The fourth-order valence-electron chi connectivity index (χ4n) is 4.31. The number of hydrogen-bond acceptors (Lipinski definition) is 4. The van der Waals surface area contributed by atoms with E-state index >= 15 is 0 Å². The summed E-state index contributed by atoms with van der Waals surface area (Å²) in [6, 6.07) is 14.3. The van der Waals surface area contributed by atoms with Crippen LogP contribution in [0.15, 0.2) is 42.5 Å². The molecule has 6 heteroatoms. The number of hydrogen-bond donors (Lipinski definition) is 1. The van der Waals surface area contributed by atoms with Gasteiger partial charge >= 0.3 is 6.03 Å². The molecule has 1 aliphatic heterocycles. The van der Waals surface area contributed by atoms with Crippen LogP contribution in [0.2, 0.25) is 0 Å². The van der Waals surface area contributed by atoms with Gasteiger partial charge in [0.05, 0.1) is 0 Å². The van der Waals surface area contributed by atoms with Crippen molar-refractivity contribution in [3.63, 3.8) is 0 Å². The molecule has 3 aromatic rings. The third kappa shape index (κ3) is 5.00. The zero-order valence-corrected chi connectivity index (χ0v) is 20.3. The van der Waals surface area contributed by atoms with E-state index in [2.05, 4.69) is 63.0 Å². The molecule has 0 saturated carbocycles. The maximum atomic E-state index is 12.8. The van der Waals surface area contributed by atoms with E-state index in [4.69, 9.17) is 9.97 Å². The van der Waals surface area contributed by atoms with Crippen LogP contribution in [0.25, 0.3) is 11.4 Å². The number of aryl methyl sites for hydroxylation is 4. The summed E-state index contributed by atoms with van der Waals surface area (Å²) >= 11 is 0. The number of urea groups is 1. The highest BCUT2D eigenvalue weighted by Crippen LogP contribution is 2.27. The van der Waals surface area contributed by atoms with Gasteiger partial charge in [0.2, 0.25) is 0 Å². The number of rotatable bonds is 4. The Balaban J connectivity index is 1.49. The van der Waals surface area contributed by atoms with Crippen molar-refractivity contribution in [2.45, 2.75) is 41.0 Å². The van der Waals surface area contributed by atoms with E-state index in [1.807, 2.05) is 29.2 Å². The van der Waals surface area contributed by atoms with E-state index in [9.17, 15) is 4.79 Å². The van der Waals surface area contributed by atoms with Gasteiger partial charge in [0.15, 0.2) is 5.82 Å². The zero-order valence-electron chi connectivity index (χ0n) is 20.3. The summed E-state index contributed by atoms with van der Waals surface area (Å²) in [5.41, 5.74) is 7.67. The van der Waals surface area contributed by atoms with Crippen molar-refractivity contribution in [2.75, 3.05) is 36.4 Å². The fraction of sp³-hybridized carbons (Fsp3) is 0.370. The first-order valence-electron chi connectivity index (χ1n) is 11.7. The first-order valence-corrected chi connectivity index (χ1v) is 11.7. The molecule has 1 fully saturated rings. The van der Waals surface area contributed by atoms with Crippen molar-refractivity contribution >= 4 is 17.5 Å². The number of amides is 2. The number of anilines is 2. The summed E-state index contributed by atoms with van der Waals surface area (Å²) in [6.07, 6.45) is 0.878. The average Bonchev–Trinajstić information content (AvgIpc) is 2.81. The first-order chi connectivity index (χ1) is 15.9. The lowest BCUT2D eigenvalue weighted by Gasteiger charge is -2.36. The Morgan fingerprint density at radius 1 is 0.939 bits per heavy atom. The second-order valence-corrected chi connectivity index (χ2v) is 8.86. The van der Waals surface area contributed by atoms with E-state index in [-0.39, 0.29) is 6.03 Å². The van der Waals surface area contributed by atoms with Gasteiger partial charge in [0.1, 0.15) is 5.82 Å². The summed E-state index contributed by atoms with van der Waals surface area (Å²) in [5, 5.41) is 3.04. The number of piperazine rings is 1. The fourth-order valence-corrected chi connectivity index (χ4v) is 4.31. The van der Waals surface area contributed by atoms with Crippen LogP contribution >= 0.6 is 0 Å². The number of nitrogens with zero attached hydrogens (tertiary/aromatic N) is 4. The van der Waals surface area contributed by atoms with Crippen LogP contribution in [0.5, 0.6) is 0 Å². The second kappa shape index (κ2) is 9.61. The zero-order chi connectivity index (χ0) is 23.5. The molecule has 6 nitrogen and oxygen atoms in total. The van der Waals surface area contributed by atoms with Crippen LogP contribution in [0, 0.1) is 27.7 Å². The van der Waals surface area contributed by atoms with Gasteiger partial charge in [-0.25, -0.2) is 14.8 Å². The molecule has 1 aliphatic rings. The molecule has 0 spiro atoms. The lowest BCUT2D eigenvalue weighted by molar-refractivity contribution is 0.208. The quantitative estimate of drug-likeness (QED) is 0.595. The van der Waals surface area contributed by atoms with Crippen LogP contribution in [-0.4, -0.2) is 47.1 Å². The van der Waals surface area contributed by atoms with Gasteiger partial charge in [0, 0.05) is 48.7 Å². The van der Waals surface area contributed by atoms with Crippen LogP contribution < -0.4 is 10.2 Å². The van der Waals surface area contributed by atoms with Gasteiger partial charge in [-0.15, -0.1) is 0 Å². The Kier molecular flexibility index (Phi) is 6.63. The summed E-state index contributed by atoms with van der Waals surface area (Å²) in [6.45, 7) is 13.2. The van der Waals surface area contributed by atoms with Crippen molar-refractivity contribution in [3.8, 4) is 11.4 Å². The van der Waals surface area contributed by atoms with Gasteiger partial charge in [-0.1, -0.05) is 36.8 Å². The number of nitrogens with one attached hydrogen (secondary N) is 1. The summed E-state index contributed by atoms with van der Waals surface area (Å²) in [7, 11) is 0. The number of carbonyl (C=O) groups excluding carboxylic acids is 1. The van der Waals surface area contributed by atoms with Crippen LogP contribution in [0.1, 0.15) is 34.9 Å². The van der Waals surface area contributed by atoms with Gasteiger partial charge in [-0.3, -0.25) is 0 Å². The average molecular weight is 444 g/mol. The summed E-state index contributed by atoms with van der Waals surface area (Å²) < 4.78 is 0. The predicted molar refractivity (Wildman–Crippen MR) is 135 cm³/mol.